The lowest BCUT2D eigenvalue weighted by atomic mass is 9.69. The summed E-state index contributed by atoms with van der Waals surface area (Å²) in [5, 5.41) is 0. The Morgan fingerprint density at radius 3 is 1.92 bits per heavy atom. The molecular weight excluding hydrogens is 224 g/mol. The molecule has 2 rings (SSSR count). The summed E-state index contributed by atoms with van der Waals surface area (Å²) in [6, 6.07) is 0. The fourth-order valence-electron chi connectivity index (χ4n) is 2.87. The molecule has 0 aliphatic heterocycles. The minimum absolute atomic E-state index is 0.540. The Kier molecular flexibility index (Phi) is 2.30. The van der Waals surface area contributed by atoms with Crippen LogP contribution >= 0.6 is 15.9 Å². The Hall–Kier alpha value is 0.480. The van der Waals surface area contributed by atoms with E-state index in [9.17, 15) is 0 Å². The molecule has 0 nitrogen and oxygen atoms in total. The van der Waals surface area contributed by atoms with Crippen molar-refractivity contribution >= 4 is 15.9 Å². The van der Waals surface area contributed by atoms with Crippen LogP contribution in [0.2, 0.25) is 0 Å². The van der Waals surface area contributed by atoms with Crippen molar-refractivity contribution in [3.05, 3.63) is 0 Å². The van der Waals surface area contributed by atoms with E-state index < -0.39 is 0 Å². The Balaban J connectivity index is 1.90. The van der Waals surface area contributed by atoms with Crippen LogP contribution in [0.4, 0.5) is 0 Å². The van der Waals surface area contributed by atoms with E-state index in [1.54, 1.807) is 0 Å². The average Bonchev–Trinajstić information content (AvgIpc) is 2.60. The van der Waals surface area contributed by atoms with E-state index in [-0.39, 0.29) is 0 Å². The molecule has 0 saturated heterocycles. The van der Waals surface area contributed by atoms with Crippen LogP contribution in [-0.2, 0) is 0 Å². The largest absolute Gasteiger partial charge is 0.0884 e. The molecule has 0 radical (unpaired) electrons. The molecule has 2 saturated carbocycles. The van der Waals surface area contributed by atoms with E-state index >= 15 is 0 Å². The quantitative estimate of drug-likeness (QED) is 0.556. The number of hydrogen-bond donors (Lipinski definition) is 0. The molecule has 0 amide bonds. The van der Waals surface area contributed by atoms with Gasteiger partial charge >= 0.3 is 0 Å². The van der Waals surface area contributed by atoms with Crippen LogP contribution in [0.15, 0.2) is 0 Å². The van der Waals surface area contributed by atoms with Gasteiger partial charge in [0.05, 0.1) is 0 Å². The van der Waals surface area contributed by atoms with E-state index in [1.165, 1.54) is 32.1 Å². The summed E-state index contributed by atoms with van der Waals surface area (Å²) in [5.41, 5.74) is 1.29. The fraction of sp³-hybridized carbons (Fsp3) is 1.00. The molecule has 2 aliphatic carbocycles. The first-order valence-electron chi connectivity index (χ1n) is 5.58. The van der Waals surface area contributed by atoms with Crippen molar-refractivity contribution in [3.8, 4) is 0 Å². The first-order valence-corrected chi connectivity index (χ1v) is 6.50. The smallest absolute Gasteiger partial charge is 0.0208 e. The monoisotopic (exact) mass is 244 g/mol. The first-order chi connectivity index (χ1) is 5.94. The maximum absolute atomic E-state index is 3.77. The third-order valence-corrected chi connectivity index (χ3v) is 5.59. The zero-order chi connectivity index (χ0) is 9.69. The molecule has 0 bridgehead atoms. The summed E-state index contributed by atoms with van der Waals surface area (Å²) in [5.74, 6) is 0.971. The van der Waals surface area contributed by atoms with E-state index in [0.29, 0.717) is 5.41 Å². The zero-order valence-electron chi connectivity index (χ0n) is 9.07. The maximum Gasteiger partial charge on any atom is 0.0208 e. The second kappa shape index (κ2) is 2.98. The summed E-state index contributed by atoms with van der Waals surface area (Å²) in [4.78, 5) is 0.862. The van der Waals surface area contributed by atoms with Crippen molar-refractivity contribution in [2.24, 2.45) is 16.7 Å². The van der Waals surface area contributed by atoms with Gasteiger partial charge < -0.3 is 0 Å². The molecule has 0 aromatic rings. The lowest BCUT2D eigenvalue weighted by Crippen LogP contribution is -2.27. The van der Waals surface area contributed by atoms with E-state index in [1.807, 2.05) is 0 Å². The lowest BCUT2D eigenvalue weighted by Gasteiger charge is -2.37. The van der Waals surface area contributed by atoms with Gasteiger partial charge in [-0.25, -0.2) is 0 Å². The summed E-state index contributed by atoms with van der Waals surface area (Å²) >= 11 is 3.77. The highest BCUT2D eigenvalue weighted by Crippen LogP contribution is 2.62. The summed E-state index contributed by atoms with van der Waals surface area (Å²) in [7, 11) is 0. The van der Waals surface area contributed by atoms with Crippen molar-refractivity contribution in [2.45, 2.75) is 57.7 Å². The van der Waals surface area contributed by atoms with Gasteiger partial charge in [0.25, 0.3) is 0 Å². The van der Waals surface area contributed by atoms with Gasteiger partial charge in [0.2, 0.25) is 0 Å². The highest BCUT2D eigenvalue weighted by atomic mass is 79.9. The van der Waals surface area contributed by atoms with Crippen LogP contribution in [0, 0.1) is 16.7 Å². The van der Waals surface area contributed by atoms with Gasteiger partial charge in [-0.1, -0.05) is 36.7 Å². The van der Waals surface area contributed by atoms with Crippen LogP contribution in [0.5, 0.6) is 0 Å². The van der Waals surface area contributed by atoms with Gasteiger partial charge in [0, 0.05) is 4.83 Å². The molecule has 0 aromatic carbocycles. The third kappa shape index (κ3) is 1.82. The van der Waals surface area contributed by atoms with Crippen LogP contribution in [0.1, 0.15) is 52.9 Å². The molecule has 1 spiro atoms. The molecule has 0 heterocycles. The Morgan fingerprint density at radius 2 is 1.62 bits per heavy atom. The number of hydrogen-bond acceptors (Lipinski definition) is 0. The normalized spacial score (nSPS) is 45.2. The maximum atomic E-state index is 3.77. The standard InChI is InChI=1S/C12H21Br/c1-11(2,3)9-4-6-12(7-5-9)8-10(12)13/h9-10H,4-8H2,1-3H3. The molecule has 0 N–H and O–H groups in total. The molecule has 1 unspecified atom stereocenters. The van der Waals surface area contributed by atoms with Gasteiger partial charge in [0.1, 0.15) is 0 Å². The van der Waals surface area contributed by atoms with Crippen molar-refractivity contribution in [1.82, 2.24) is 0 Å². The van der Waals surface area contributed by atoms with Crippen molar-refractivity contribution in [1.29, 1.82) is 0 Å². The third-order valence-electron chi connectivity index (χ3n) is 4.30. The highest BCUT2D eigenvalue weighted by molar-refractivity contribution is 9.09. The van der Waals surface area contributed by atoms with E-state index in [2.05, 4.69) is 36.7 Å². The highest BCUT2D eigenvalue weighted by Gasteiger charge is 2.54. The van der Waals surface area contributed by atoms with Gasteiger partial charge in [-0.2, -0.15) is 0 Å². The molecule has 2 fully saturated rings. The molecule has 0 aromatic heterocycles. The Bertz CT molecular complexity index is 194. The minimum Gasteiger partial charge on any atom is -0.0884 e. The molecule has 76 valence electrons. The van der Waals surface area contributed by atoms with Gasteiger partial charge in [-0.15, -0.1) is 0 Å². The van der Waals surface area contributed by atoms with Crippen LogP contribution in [-0.4, -0.2) is 4.83 Å². The van der Waals surface area contributed by atoms with Crippen LogP contribution in [0.25, 0.3) is 0 Å². The van der Waals surface area contributed by atoms with E-state index in [0.717, 1.165) is 16.2 Å². The topological polar surface area (TPSA) is 0 Å². The molecular formula is C12H21Br. The SMILES string of the molecule is CC(C)(C)C1CCC2(CC1)CC2Br. The predicted molar refractivity (Wildman–Crippen MR) is 61.2 cm³/mol. The van der Waals surface area contributed by atoms with Gasteiger partial charge in [0.15, 0.2) is 0 Å². The van der Waals surface area contributed by atoms with E-state index in [4.69, 9.17) is 0 Å². The van der Waals surface area contributed by atoms with Gasteiger partial charge in [-0.3, -0.25) is 0 Å². The first kappa shape index (κ1) is 10.0. The van der Waals surface area contributed by atoms with Gasteiger partial charge in [-0.05, 0) is 48.9 Å². The summed E-state index contributed by atoms with van der Waals surface area (Å²) in [6.07, 6.45) is 7.33. The molecule has 13 heavy (non-hydrogen) atoms. The predicted octanol–water partition coefficient (Wildman–Crippen LogP) is 4.38. The molecule has 1 heteroatoms. The van der Waals surface area contributed by atoms with Crippen molar-refractivity contribution < 1.29 is 0 Å². The molecule has 2 aliphatic rings. The van der Waals surface area contributed by atoms with Crippen molar-refractivity contribution in [2.75, 3.05) is 0 Å². The summed E-state index contributed by atoms with van der Waals surface area (Å²) < 4.78 is 0. The number of halogens is 1. The zero-order valence-corrected chi connectivity index (χ0v) is 10.7. The second-order valence-electron chi connectivity index (χ2n) is 6.17. The van der Waals surface area contributed by atoms with Crippen molar-refractivity contribution in [3.63, 3.8) is 0 Å². The summed E-state index contributed by atoms with van der Waals surface area (Å²) in [6.45, 7) is 7.19. The van der Waals surface area contributed by atoms with Crippen LogP contribution in [0.3, 0.4) is 0 Å². The number of rotatable bonds is 0. The minimum atomic E-state index is 0.540. The molecule has 1 atom stereocenters. The van der Waals surface area contributed by atoms with Crippen LogP contribution < -0.4 is 0 Å². The lowest BCUT2D eigenvalue weighted by molar-refractivity contribution is 0.142. The number of alkyl halides is 1. The second-order valence-corrected chi connectivity index (χ2v) is 7.28. The average molecular weight is 245 g/mol. The Morgan fingerprint density at radius 1 is 1.15 bits per heavy atom. The fourth-order valence-corrected chi connectivity index (χ4v) is 3.98. The Labute approximate surface area is 90.6 Å².